The minimum Gasteiger partial charge on any atom is -0.478 e. The Morgan fingerprint density at radius 2 is 1.77 bits per heavy atom. The molecule has 120 valence electrons. The molecule has 3 N–H and O–H groups in total. The molecule has 0 fully saturated rings. The van der Waals surface area contributed by atoms with Crippen molar-refractivity contribution >= 4 is 23.5 Å². The van der Waals surface area contributed by atoms with E-state index in [0.29, 0.717) is 6.42 Å². The van der Waals surface area contributed by atoms with Gasteiger partial charge in [0.15, 0.2) is 0 Å². The summed E-state index contributed by atoms with van der Waals surface area (Å²) in [5, 5.41) is 14.5. The number of amides is 2. The van der Waals surface area contributed by atoms with Crippen LogP contribution < -0.4 is 10.6 Å². The third-order valence-corrected chi connectivity index (χ3v) is 2.94. The predicted molar refractivity (Wildman–Crippen MR) is 83.9 cm³/mol. The Kier molecular flexibility index (Phi) is 6.56. The van der Waals surface area contributed by atoms with E-state index in [-0.39, 0.29) is 41.9 Å². The molecule has 0 bridgehead atoms. The van der Waals surface area contributed by atoms with Crippen LogP contribution >= 0.6 is 0 Å². The fraction of sp³-hybridized carbons (Fsp3) is 0.438. The lowest BCUT2D eigenvalue weighted by atomic mass is 10.1. The Morgan fingerprint density at radius 3 is 2.36 bits per heavy atom. The molecule has 0 spiro atoms. The number of aromatic carboxylic acids is 1. The van der Waals surface area contributed by atoms with Gasteiger partial charge in [0.25, 0.3) is 0 Å². The Morgan fingerprint density at radius 1 is 1.14 bits per heavy atom. The summed E-state index contributed by atoms with van der Waals surface area (Å²) in [5.41, 5.74) is 1.14. The highest BCUT2D eigenvalue weighted by molar-refractivity contribution is 6.00. The number of benzene rings is 1. The van der Waals surface area contributed by atoms with Crippen LogP contribution in [-0.4, -0.2) is 28.9 Å². The van der Waals surface area contributed by atoms with Crippen molar-refractivity contribution in [3.63, 3.8) is 0 Å². The van der Waals surface area contributed by atoms with Gasteiger partial charge in [0.05, 0.1) is 11.3 Å². The zero-order valence-electron chi connectivity index (χ0n) is 13.1. The SMILES string of the molecule is Cc1ccc(NC(=O)CCCC(=O)NC(C)C)c(C(=O)O)c1. The first-order chi connectivity index (χ1) is 10.3. The van der Waals surface area contributed by atoms with Crippen LogP contribution in [0, 0.1) is 6.92 Å². The summed E-state index contributed by atoms with van der Waals surface area (Å²) in [7, 11) is 0. The number of carboxylic acid groups (broad SMARTS) is 1. The van der Waals surface area contributed by atoms with E-state index < -0.39 is 5.97 Å². The summed E-state index contributed by atoms with van der Waals surface area (Å²) in [6.45, 7) is 5.52. The monoisotopic (exact) mass is 306 g/mol. The van der Waals surface area contributed by atoms with Crippen LogP contribution in [0.2, 0.25) is 0 Å². The van der Waals surface area contributed by atoms with Crippen LogP contribution in [-0.2, 0) is 9.59 Å². The number of hydrogen-bond donors (Lipinski definition) is 3. The maximum atomic E-state index is 11.8. The van der Waals surface area contributed by atoms with E-state index in [4.69, 9.17) is 5.11 Å². The molecule has 1 rings (SSSR count). The second-order valence-electron chi connectivity index (χ2n) is 5.48. The third-order valence-electron chi connectivity index (χ3n) is 2.94. The molecule has 2 amide bonds. The van der Waals surface area contributed by atoms with Crippen LogP contribution in [0.3, 0.4) is 0 Å². The smallest absolute Gasteiger partial charge is 0.337 e. The Labute approximate surface area is 129 Å². The molecule has 1 aromatic rings. The first kappa shape index (κ1) is 17.7. The molecule has 0 aromatic heterocycles. The van der Waals surface area contributed by atoms with Crippen molar-refractivity contribution in [3.8, 4) is 0 Å². The summed E-state index contributed by atoms with van der Waals surface area (Å²) < 4.78 is 0. The van der Waals surface area contributed by atoms with Crippen molar-refractivity contribution in [1.82, 2.24) is 5.32 Å². The van der Waals surface area contributed by atoms with Gasteiger partial charge < -0.3 is 15.7 Å². The van der Waals surface area contributed by atoms with Crippen LogP contribution in [0.4, 0.5) is 5.69 Å². The molecule has 0 aliphatic heterocycles. The number of carboxylic acids is 1. The number of hydrogen-bond acceptors (Lipinski definition) is 3. The lowest BCUT2D eigenvalue weighted by molar-refractivity contribution is -0.121. The van der Waals surface area contributed by atoms with Crippen molar-refractivity contribution in [2.24, 2.45) is 0 Å². The fourth-order valence-electron chi connectivity index (χ4n) is 1.96. The van der Waals surface area contributed by atoms with Gasteiger partial charge in [-0.2, -0.15) is 0 Å². The van der Waals surface area contributed by atoms with Gasteiger partial charge in [-0.1, -0.05) is 11.6 Å². The first-order valence-corrected chi connectivity index (χ1v) is 7.22. The maximum Gasteiger partial charge on any atom is 0.337 e. The quantitative estimate of drug-likeness (QED) is 0.720. The van der Waals surface area contributed by atoms with E-state index in [2.05, 4.69) is 10.6 Å². The highest BCUT2D eigenvalue weighted by Crippen LogP contribution is 2.18. The number of carbonyl (C=O) groups excluding carboxylic acids is 2. The van der Waals surface area contributed by atoms with Crippen molar-refractivity contribution < 1.29 is 19.5 Å². The molecule has 22 heavy (non-hydrogen) atoms. The van der Waals surface area contributed by atoms with Crippen LogP contribution in [0.15, 0.2) is 18.2 Å². The van der Waals surface area contributed by atoms with Gasteiger partial charge in [0, 0.05) is 18.9 Å². The number of carbonyl (C=O) groups is 3. The summed E-state index contributed by atoms with van der Waals surface area (Å²) >= 11 is 0. The normalized spacial score (nSPS) is 10.4. The van der Waals surface area contributed by atoms with Gasteiger partial charge in [0.1, 0.15) is 0 Å². The second kappa shape index (κ2) is 8.17. The highest BCUT2D eigenvalue weighted by Gasteiger charge is 2.13. The second-order valence-corrected chi connectivity index (χ2v) is 5.48. The molecule has 0 unspecified atom stereocenters. The van der Waals surface area contributed by atoms with Crippen LogP contribution in [0.25, 0.3) is 0 Å². The fourth-order valence-corrected chi connectivity index (χ4v) is 1.96. The van der Waals surface area contributed by atoms with Crippen molar-refractivity contribution in [2.45, 2.75) is 46.1 Å². The summed E-state index contributed by atoms with van der Waals surface area (Å²) in [5.74, 6) is -1.48. The molecule has 6 heteroatoms. The van der Waals surface area contributed by atoms with E-state index in [1.54, 1.807) is 19.1 Å². The molecular formula is C16H22N2O4. The molecule has 0 aliphatic rings. The molecular weight excluding hydrogens is 284 g/mol. The summed E-state index contributed by atoms with van der Waals surface area (Å²) in [6.07, 6.45) is 0.850. The number of anilines is 1. The Bertz CT molecular complexity index is 567. The van der Waals surface area contributed by atoms with E-state index in [0.717, 1.165) is 5.56 Å². The molecule has 6 nitrogen and oxygen atoms in total. The van der Waals surface area contributed by atoms with Gasteiger partial charge in [-0.3, -0.25) is 9.59 Å². The lowest BCUT2D eigenvalue weighted by Crippen LogP contribution is -2.30. The van der Waals surface area contributed by atoms with Crippen molar-refractivity contribution in [2.75, 3.05) is 5.32 Å². The van der Waals surface area contributed by atoms with Crippen LogP contribution in [0.5, 0.6) is 0 Å². The van der Waals surface area contributed by atoms with E-state index >= 15 is 0 Å². The molecule has 0 saturated heterocycles. The minimum absolute atomic E-state index is 0.0610. The van der Waals surface area contributed by atoms with Gasteiger partial charge in [0.2, 0.25) is 11.8 Å². The summed E-state index contributed by atoms with van der Waals surface area (Å²) in [6, 6.07) is 4.89. The van der Waals surface area contributed by atoms with Gasteiger partial charge in [-0.25, -0.2) is 4.79 Å². The predicted octanol–water partition coefficient (Wildman–Crippen LogP) is 2.33. The standard InChI is InChI=1S/C16H22N2O4/c1-10(2)17-14(19)5-4-6-15(20)18-13-8-7-11(3)9-12(13)16(21)22/h7-10H,4-6H2,1-3H3,(H,17,19)(H,18,20)(H,21,22). The molecule has 0 heterocycles. The molecule has 0 radical (unpaired) electrons. The summed E-state index contributed by atoms with van der Waals surface area (Å²) in [4.78, 5) is 34.5. The Balaban J connectivity index is 2.52. The maximum absolute atomic E-state index is 11.8. The zero-order chi connectivity index (χ0) is 16.7. The number of aryl methyl sites for hydroxylation is 1. The van der Waals surface area contributed by atoms with Crippen molar-refractivity contribution in [1.29, 1.82) is 0 Å². The van der Waals surface area contributed by atoms with Crippen LogP contribution in [0.1, 0.15) is 49.0 Å². The molecule has 0 aliphatic carbocycles. The van der Waals surface area contributed by atoms with E-state index in [9.17, 15) is 14.4 Å². The number of rotatable bonds is 7. The molecule has 1 aromatic carbocycles. The average Bonchev–Trinajstić information content (AvgIpc) is 2.39. The molecule has 0 atom stereocenters. The largest absolute Gasteiger partial charge is 0.478 e. The van der Waals surface area contributed by atoms with Gasteiger partial charge >= 0.3 is 5.97 Å². The van der Waals surface area contributed by atoms with E-state index in [1.807, 2.05) is 13.8 Å². The zero-order valence-corrected chi connectivity index (χ0v) is 13.1. The topological polar surface area (TPSA) is 95.5 Å². The highest BCUT2D eigenvalue weighted by atomic mass is 16.4. The lowest BCUT2D eigenvalue weighted by Gasteiger charge is -2.10. The van der Waals surface area contributed by atoms with E-state index in [1.165, 1.54) is 6.07 Å². The first-order valence-electron chi connectivity index (χ1n) is 7.22. The third kappa shape index (κ3) is 5.95. The molecule has 0 saturated carbocycles. The minimum atomic E-state index is -1.09. The van der Waals surface area contributed by atoms with Gasteiger partial charge in [-0.15, -0.1) is 0 Å². The Hall–Kier alpha value is -2.37. The van der Waals surface area contributed by atoms with Crippen molar-refractivity contribution in [3.05, 3.63) is 29.3 Å². The van der Waals surface area contributed by atoms with Gasteiger partial charge in [-0.05, 0) is 39.3 Å². The number of nitrogens with one attached hydrogen (secondary N) is 2. The average molecular weight is 306 g/mol.